The molecule has 110 valence electrons. The normalized spacial score (nSPS) is 12.0. The van der Waals surface area contributed by atoms with Crippen LogP contribution < -0.4 is 10.7 Å². The van der Waals surface area contributed by atoms with E-state index in [1.54, 1.807) is 36.5 Å². The maximum atomic E-state index is 12.3. The Bertz CT molecular complexity index is 872. The van der Waals surface area contributed by atoms with Crippen LogP contribution in [0.25, 0.3) is 11.0 Å². The maximum Gasteiger partial charge on any atom is 0.287 e. The van der Waals surface area contributed by atoms with Crippen molar-refractivity contribution in [3.63, 3.8) is 0 Å². The van der Waals surface area contributed by atoms with Crippen LogP contribution in [0.2, 0.25) is 0 Å². The van der Waals surface area contributed by atoms with E-state index in [9.17, 15) is 9.59 Å². The first-order valence-corrected chi connectivity index (χ1v) is 6.90. The van der Waals surface area contributed by atoms with Gasteiger partial charge in [0.1, 0.15) is 5.58 Å². The molecule has 5 heteroatoms. The Morgan fingerprint density at radius 2 is 1.95 bits per heavy atom. The Hall–Kier alpha value is -2.95. The van der Waals surface area contributed by atoms with E-state index in [0.717, 1.165) is 5.69 Å². The highest BCUT2D eigenvalue weighted by molar-refractivity contribution is 5.93. The van der Waals surface area contributed by atoms with Crippen LogP contribution in [0.15, 0.2) is 63.9 Å². The number of para-hydroxylation sites is 1. The summed E-state index contributed by atoms with van der Waals surface area (Å²) >= 11 is 0. The molecular weight excluding hydrogens is 280 g/mol. The lowest BCUT2D eigenvalue weighted by molar-refractivity contribution is 0.0911. The zero-order valence-electron chi connectivity index (χ0n) is 11.9. The molecule has 1 atom stereocenters. The van der Waals surface area contributed by atoms with Crippen molar-refractivity contribution < 1.29 is 9.21 Å². The molecule has 0 bridgehead atoms. The third kappa shape index (κ3) is 2.74. The summed E-state index contributed by atoms with van der Waals surface area (Å²) in [7, 11) is 0. The number of benzene rings is 1. The first-order chi connectivity index (χ1) is 10.6. The van der Waals surface area contributed by atoms with Gasteiger partial charge in [-0.2, -0.15) is 0 Å². The number of amides is 1. The molecule has 2 aromatic heterocycles. The second kappa shape index (κ2) is 5.81. The van der Waals surface area contributed by atoms with E-state index in [4.69, 9.17) is 4.42 Å². The minimum absolute atomic E-state index is 0.00789. The van der Waals surface area contributed by atoms with Gasteiger partial charge in [0.2, 0.25) is 0 Å². The van der Waals surface area contributed by atoms with E-state index in [1.165, 1.54) is 6.07 Å². The van der Waals surface area contributed by atoms with E-state index in [2.05, 4.69) is 10.3 Å². The van der Waals surface area contributed by atoms with Crippen molar-refractivity contribution in [1.82, 2.24) is 10.3 Å². The summed E-state index contributed by atoms with van der Waals surface area (Å²) in [6, 6.07) is 13.2. The van der Waals surface area contributed by atoms with Crippen LogP contribution in [0.3, 0.4) is 0 Å². The number of nitrogens with zero attached hydrogens (tertiary/aromatic N) is 1. The average molecular weight is 294 g/mol. The van der Waals surface area contributed by atoms with Crippen LogP contribution in [0.1, 0.15) is 29.2 Å². The molecule has 1 amide bonds. The summed E-state index contributed by atoms with van der Waals surface area (Å²) in [4.78, 5) is 28.4. The highest BCUT2D eigenvalue weighted by Crippen LogP contribution is 2.13. The van der Waals surface area contributed by atoms with E-state index >= 15 is 0 Å². The summed E-state index contributed by atoms with van der Waals surface area (Å²) in [5, 5.41) is 3.23. The molecule has 0 radical (unpaired) electrons. The summed E-state index contributed by atoms with van der Waals surface area (Å²) in [5.74, 6) is -0.451. The molecule has 3 rings (SSSR count). The summed E-state index contributed by atoms with van der Waals surface area (Å²) in [5.41, 5.74) is 0.891. The van der Waals surface area contributed by atoms with Crippen molar-refractivity contribution in [1.29, 1.82) is 0 Å². The molecule has 1 unspecified atom stereocenters. The first kappa shape index (κ1) is 14.0. The third-order valence-corrected chi connectivity index (χ3v) is 3.34. The molecule has 22 heavy (non-hydrogen) atoms. The molecule has 0 spiro atoms. The highest BCUT2D eigenvalue weighted by Gasteiger charge is 2.16. The van der Waals surface area contributed by atoms with E-state index < -0.39 is 5.91 Å². The van der Waals surface area contributed by atoms with Crippen molar-refractivity contribution in [3.05, 3.63) is 76.4 Å². The van der Waals surface area contributed by atoms with Gasteiger partial charge in [-0.25, -0.2) is 0 Å². The fraction of sp³-hybridized carbons (Fsp3) is 0.118. The predicted octanol–water partition coefficient (Wildman–Crippen LogP) is 2.68. The molecular formula is C17H14N2O3. The van der Waals surface area contributed by atoms with Crippen LogP contribution in [0.5, 0.6) is 0 Å². The topological polar surface area (TPSA) is 72.2 Å². The molecule has 0 aliphatic carbocycles. The number of carbonyl (C=O) groups is 1. The molecule has 0 aliphatic rings. The highest BCUT2D eigenvalue weighted by atomic mass is 16.3. The molecule has 1 N–H and O–H groups in total. The Kier molecular flexibility index (Phi) is 3.70. The molecule has 2 heterocycles. The van der Waals surface area contributed by atoms with Gasteiger partial charge in [0.25, 0.3) is 5.91 Å². The van der Waals surface area contributed by atoms with E-state index in [0.29, 0.717) is 11.0 Å². The lowest BCUT2D eigenvalue weighted by Gasteiger charge is -2.12. The lowest BCUT2D eigenvalue weighted by atomic mass is 10.2. The van der Waals surface area contributed by atoms with Gasteiger partial charge in [-0.15, -0.1) is 0 Å². The average Bonchev–Trinajstić information content (AvgIpc) is 2.55. The Balaban J connectivity index is 1.88. The van der Waals surface area contributed by atoms with Crippen molar-refractivity contribution in [2.75, 3.05) is 0 Å². The maximum absolute atomic E-state index is 12.3. The molecule has 0 saturated carbocycles. The first-order valence-electron chi connectivity index (χ1n) is 6.90. The zero-order valence-corrected chi connectivity index (χ0v) is 11.9. The number of hydrogen-bond donors (Lipinski definition) is 1. The summed E-state index contributed by atoms with van der Waals surface area (Å²) < 4.78 is 5.51. The molecule has 3 aromatic rings. The number of nitrogens with one attached hydrogen (secondary N) is 1. The van der Waals surface area contributed by atoms with Crippen LogP contribution >= 0.6 is 0 Å². The number of hydrogen-bond acceptors (Lipinski definition) is 4. The third-order valence-electron chi connectivity index (χ3n) is 3.34. The Labute approximate surface area is 126 Å². The van der Waals surface area contributed by atoms with Gasteiger partial charge in [0.15, 0.2) is 11.2 Å². The van der Waals surface area contributed by atoms with Gasteiger partial charge in [-0.1, -0.05) is 18.2 Å². The van der Waals surface area contributed by atoms with Crippen molar-refractivity contribution in [2.45, 2.75) is 13.0 Å². The Morgan fingerprint density at radius 1 is 1.18 bits per heavy atom. The second-order valence-electron chi connectivity index (χ2n) is 4.92. The number of pyridine rings is 1. The van der Waals surface area contributed by atoms with Crippen LogP contribution in [-0.2, 0) is 0 Å². The summed E-state index contributed by atoms with van der Waals surface area (Å²) in [6.07, 6.45) is 1.66. The second-order valence-corrected chi connectivity index (χ2v) is 4.92. The minimum atomic E-state index is -0.444. The van der Waals surface area contributed by atoms with Crippen molar-refractivity contribution in [3.8, 4) is 0 Å². The molecule has 0 fully saturated rings. The van der Waals surface area contributed by atoms with Crippen LogP contribution in [0.4, 0.5) is 0 Å². The van der Waals surface area contributed by atoms with Crippen molar-refractivity contribution >= 4 is 16.9 Å². The Morgan fingerprint density at radius 3 is 2.73 bits per heavy atom. The van der Waals surface area contributed by atoms with Crippen molar-refractivity contribution in [2.24, 2.45) is 0 Å². The lowest BCUT2D eigenvalue weighted by Crippen LogP contribution is -2.27. The fourth-order valence-electron chi connectivity index (χ4n) is 2.19. The number of fused-ring (bicyclic) bond motifs is 1. The van der Waals surface area contributed by atoms with E-state index in [-0.39, 0.29) is 17.2 Å². The van der Waals surface area contributed by atoms with Crippen LogP contribution in [-0.4, -0.2) is 10.9 Å². The van der Waals surface area contributed by atoms with E-state index in [1.807, 2.05) is 19.1 Å². The quantitative estimate of drug-likeness (QED) is 0.806. The number of carbonyl (C=O) groups excluding carboxylic acids is 1. The summed E-state index contributed by atoms with van der Waals surface area (Å²) in [6.45, 7) is 1.82. The fourth-order valence-corrected chi connectivity index (χ4v) is 2.19. The van der Waals surface area contributed by atoms with Gasteiger partial charge >= 0.3 is 0 Å². The predicted molar refractivity (Wildman–Crippen MR) is 82.6 cm³/mol. The van der Waals surface area contributed by atoms with Gasteiger partial charge in [-0.3, -0.25) is 14.6 Å². The minimum Gasteiger partial charge on any atom is -0.451 e. The number of rotatable bonds is 3. The van der Waals surface area contributed by atoms with Gasteiger partial charge in [-0.05, 0) is 31.2 Å². The molecule has 5 nitrogen and oxygen atoms in total. The largest absolute Gasteiger partial charge is 0.451 e. The van der Waals surface area contributed by atoms with Gasteiger partial charge < -0.3 is 9.73 Å². The molecule has 0 saturated heterocycles. The monoisotopic (exact) mass is 294 g/mol. The van der Waals surface area contributed by atoms with Gasteiger partial charge in [0.05, 0.1) is 17.1 Å². The molecule has 0 aliphatic heterocycles. The molecule has 1 aromatic carbocycles. The smallest absolute Gasteiger partial charge is 0.287 e. The zero-order chi connectivity index (χ0) is 15.5. The SMILES string of the molecule is CC(NC(=O)c1cc(=O)c2ccccc2o1)c1ccccn1. The standard InChI is InChI=1S/C17H14N2O3/c1-11(13-7-4-5-9-18-13)19-17(21)16-10-14(20)12-6-2-3-8-15(12)22-16/h2-11H,1H3,(H,19,21). The van der Waals surface area contributed by atoms with Gasteiger partial charge in [0, 0.05) is 12.3 Å². The van der Waals surface area contributed by atoms with Crippen LogP contribution in [0, 0.1) is 0 Å². The number of aromatic nitrogens is 1.